The van der Waals surface area contributed by atoms with E-state index in [1.165, 1.54) is 13.8 Å². The van der Waals surface area contributed by atoms with Gasteiger partial charge in [-0.1, -0.05) is 30.3 Å². The van der Waals surface area contributed by atoms with Crippen LogP contribution in [0.3, 0.4) is 0 Å². The van der Waals surface area contributed by atoms with Crippen LogP contribution in [-0.4, -0.2) is 41.0 Å². The maximum absolute atomic E-state index is 13.6. The van der Waals surface area contributed by atoms with Gasteiger partial charge in [-0.25, -0.2) is 4.39 Å². The van der Waals surface area contributed by atoms with Gasteiger partial charge < -0.3 is 9.16 Å². The predicted octanol–water partition coefficient (Wildman–Crippen LogP) is 3.21. The molecule has 0 N–H and O–H groups in total. The van der Waals surface area contributed by atoms with Crippen LogP contribution >= 0.6 is 0 Å². The van der Waals surface area contributed by atoms with Crippen LogP contribution < -0.4 is 0 Å². The normalized spacial score (nSPS) is 16.9. The minimum atomic E-state index is -5.52. The second-order valence-electron chi connectivity index (χ2n) is 5.06. The highest BCUT2D eigenvalue weighted by molar-refractivity contribution is 6.26. The first-order valence-electron chi connectivity index (χ1n) is 6.98. The zero-order valence-electron chi connectivity index (χ0n) is 12.8. The van der Waals surface area contributed by atoms with Gasteiger partial charge in [-0.2, -0.15) is 17.6 Å². The average molecular weight is 358 g/mol. The van der Waals surface area contributed by atoms with Crippen molar-refractivity contribution in [3.8, 4) is 0 Å². The Morgan fingerprint density at radius 1 is 1.09 bits per heavy atom. The Labute approximate surface area is 133 Å². The van der Waals surface area contributed by atoms with E-state index in [1.807, 2.05) is 30.3 Å². The number of hydrogen-bond donors (Lipinski definition) is 0. The van der Waals surface area contributed by atoms with Crippen LogP contribution in [0.2, 0.25) is 0 Å². The van der Waals surface area contributed by atoms with Crippen LogP contribution in [0, 0.1) is 0 Å². The summed E-state index contributed by atoms with van der Waals surface area (Å²) in [5.41, 5.74) is 0.926. The highest BCUT2D eigenvalue weighted by Crippen LogP contribution is 2.36. The molecule has 1 rings (SSSR count). The number of benzene rings is 1. The predicted molar refractivity (Wildman–Crippen MR) is 76.7 cm³/mol. The monoisotopic (exact) mass is 358 g/mol. The molecule has 1 aromatic rings. The van der Waals surface area contributed by atoms with Gasteiger partial charge in [0.25, 0.3) is 6.48 Å². The summed E-state index contributed by atoms with van der Waals surface area (Å²) in [6.45, 7) is -1.26. The third-order valence-corrected chi connectivity index (χ3v) is 4.04. The first-order chi connectivity index (χ1) is 10.7. The third kappa shape index (κ3) is 6.54. The van der Waals surface area contributed by atoms with Crippen LogP contribution in [0.1, 0.15) is 19.4 Å². The lowest BCUT2D eigenvalue weighted by atomic mass is 10.2. The van der Waals surface area contributed by atoms with Crippen molar-refractivity contribution in [1.82, 2.24) is 0 Å². The quantitative estimate of drug-likeness (QED) is 0.385. The number of rotatable bonds is 9. The molecule has 1 aromatic carbocycles. The molecule has 9 heteroatoms. The third-order valence-electron chi connectivity index (χ3n) is 2.75. The fourth-order valence-electron chi connectivity index (χ4n) is 1.57. The van der Waals surface area contributed by atoms with Gasteiger partial charge in [0.05, 0.1) is 6.10 Å². The van der Waals surface area contributed by atoms with Crippen LogP contribution in [-0.2, 0) is 19.9 Å². The Morgan fingerprint density at radius 3 is 2.17 bits per heavy atom. The van der Waals surface area contributed by atoms with Crippen molar-refractivity contribution in [3.63, 3.8) is 0 Å². The zero-order chi connectivity index (χ0) is 17.5. The highest BCUT2D eigenvalue weighted by atomic mass is 28.2. The molecular formula is C14H19F5O3Si. The maximum Gasteiger partial charge on any atom is 0.451 e. The summed E-state index contributed by atoms with van der Waals surface area (Å²) in [5.74, 6) is -4.45. The van der Waals surface area contributed by atoms with Crippen LogP contribution in [0.15, 0.2) is 30.3 Å². The molecule has 132 valence electrons. The Bertz CT molecular complexity index is 457. The molecule has 0 amide bonds. The van der Waals surface area contributed by atoms with Crippen molar-refractivity contribution in [3.05, 3.63) is 35.9 Å². The molecule has 0 fully saturated rings. The van der Waals surface area contributed by atoms with E-state index in [-0.39, 0.29) is 0 Å². The van der Waals surface area contributed by atoms with E-state index < -0.39 is 41.0 Å². The van der Waals surface area contributed by atoms with Crippen molar-refractivity contribution in [2.45, 2.75) is 44.5 Å². The van der Waals surface area contributed by atoms with Crippen LogP contribution in [0.25, 0.3) is 0 Å². The smallest absolute Gasteiger partial charge is 0.378 e. The minimum absolute atomic E-state index is 0.489. The van der Waals surface area contributed by atoms with Crippen molar-refractivity contribution < 1.29 is 35.9 Å². The van der Waals surface area contributed by atoms with Crippen molar-refractivity contribution in [2.75, 3.05) is 6.67 Å². The summed E-state index contributed by atoms with van der Waals surface area (Å²) in [7, 11) is -1.40. The second-order valence-corrected chi connectivity index (χ2v) is 6.30. The Morgan fingerprint density at radius 2 is 1.70 bits per heavy atom. The number of ether oxygens (including phenoxy) is 2. The van der Waals surface area contributed by atoms with E-state index in [2.05, 4.69) is 4.74 Å². The van der Waals surface area contributed by atoms with Gasteiger partial charge in [0, 0.05) is 0 Å². The number of alkyl halides is 5. The maximum atomic E-state index is 13.6. The summed E-state index contributed by atoms with van der Waals surface area (Å²) < 4.78 is 78.0. The van der Waals surface area contributed by atoms with Gasteiger partial charge in [0.1, 0.15) is 0 Å². The fraction of sp³-hybridized carbons (Fsp3) is 0.571. The first-order valence-corrected chi connectivity index (χ1v) is 8.56. The summed E-state index contributed by atoms with van der Waals surface area (Å²) in [4.78, 5) is 0. The van der Waals surface area contributed by atoms with Gasteiger partial charge in [-0.05, 0) is 25.5 Å². The van der Waals surface area contributed by atoms with Crippen molar-refractivity contribution in [1.29, 1.82) is 0 Å². The molecule has 23 heavy (non-hydrogen) atoms. The van der Waals surface area contributed by atoms with Gasteiger partial charge in [-0.3, -0.25) is 4.74 Å². The van der Waals surface area contributed by atoms with E-state index >= 15 is 0 Å². The summed E-state index contributed by atoms with van der Waals surface area (Å²) in [6.07, 6.45) is -6.10. The molecule has 0 saturated heterocycles. The molecule has 0 saturated carbocycles. The zero-order valence-corrected chi connectivity index (χ0v) is 14.2. The average Bonchev–Trinajstić information content (AvgIpc) is 2.46. The number of halogens is 5. The van der Waals surface area contributed by atoms with Crippen molar-refractivity contribution >= 4 is 9.76 Å². The van der Waals surface area contributed by atoms with E-state index in [0.717, 1.165) is 5.56 Å². The lowest BCUT2D eigenvalue weighted by Crippen LogP contribution is -2.49. The highest BCUT2D eigenvalue weighted by Gasteiger charge is 2.59. The lowest BCUT2D eigenvalue weighted by molar-refractivity contribution is -0.410. The topological polar surface area (TPSA) is 27.7 Å². The Hall–Kier alpha value is -1.03. The molecular weight excluding hydrogens is 339 g/mol. The largest absolute Gasteiger partial charge is 0.451 e. The van der Waals surface area contributed by atoms with E-state index in [4.69, 9.17) is 9.16 Å². The van der Waals surface area contributed by atoms with Gasteiger partial charge in [-0.15, -0.1) is 0 Å². The molecule has 0 spiro atoms. The molecule has 0 bridgehead atoms. The van der Waals surface area contributed by atoms with Crippen LogP contribution in [0.4, 0.5) is 22.0 Å². The molecule has 2 unspecified atom stereocenters. The molecule has 0 radical (unpaired) electrons. The molecule has 0 aromatic heterocycles. The van der Waals surface area contributed by atoms with Gasteiger partial charge >= 0.3 is 12.0 Å². The van der Waals surface area contributed by atoms with E-state index in [0.29, 0.717) is 6.04 Å². The number of hydrogen-bond acceptors (Lipinski definition) is 3. The van der Waals surface area contributed by atoms with Crippen LogP contribution in [0.5, 0.6) is 0 Å². The first kappa shape index (κ1) is 20.0. The summed E-state index contributed by atoms with van der Waals surface area (Å²) in [5, 5.41) is 0. The van der Waals surface area contributed by atoms with E-state index in [1.54, 1.807) is 0 Å². The second kappa shape index (κ2) is 8.72. The van der Waals surface area contributed by atoms with Crippen molar-refractivity contribution in [2.24, 2.45) is 0 Å². The Balaban J connectivity index is 2.65. The summed E-state index contributed by atoms with van der Waals surface area (Å²) >= 11 is 0. The van der Waals surface area contributed by atoms with E-state index in [9.17, 15) is 22.0 Å². The minimum Gasteiger partial charge on any atom is -0.378 e. The molecule has 0 aliphatic carbocycles. The molecule has 0 aliphatic rings. The molecule has 3 nitrogen and oxygen atoms in total. The molecule has 0 aliphatic heterocycles. The summed E-state index contributed by atoms with van der Waals surface area (Å²) in [6, 6.07) is 9.58. The molecule has 2 atom stereocenters. The standard InChI is InChI=1S/C14H19F5O3Si/c1-10(2)20-12(21-13(16,9-15)14(17,18)19)22-23-8-11-6-4-3-5-7-11/h3-7,10,12H,8-9,23H2,1-2H3. The van der Waals surface area contributed by atoms with Gasteiger partial charge in [0.2, 0.25) is 0 Å². The Kier molecular flexibility index (Phi) is 7.58. The van der Waals surface area contributed by atoms with Gasteiger partial charge in [0.15, 0.2) is 16.4 Å². The molecule has 0 heterocycles. The SMILES string of the molecule is CC(C)OC(O[SiH2]Cc1ccccc1)OC(F)(CF)C(F)(F)F. The lowest BCUT2D eigenvalue weighted by Gasteiger charge is -2.30. The fourth-order valence-corrected chi connectivity index (χ4v) is 2.59.